The highest BCUT2D eigenvalue weighted by molar-refractivity contribution is 6.36. The van der Waals surface area contributed by atoms with Crippen LogP contribution in [0.1, 0.15) is 30.9 Å². The van der Waals surface area contributed by atoms with E-state index in [2.05, 4.69) is 11.8 Å². The van der Waals surface area contributed by atoms with Gasteiger partial charge < -0.3 is 4.90 Å². The van der Waals surface area contributed by atoms with Crippen LogP contribution in [0.4, 0.5) is 0 Å². The van der Waals surface area contributed by atoms with Gasteiger partial charge in [-0.05, 0) is 48.4 Å². The molecule has 29 heavy (non-hydrogen) atoms. The number of imide groups is 1. The fraction of sp³-hybridized carbons (Fsp3) is 0.333. The summed E-state index contributed by atoms with van der Waals surface area (Å²) in [5.74, 6) is 0.121. The molecule has 0 saturated carbocycles. The van der Waals surface area contributed by atoms with E-state index in [1.165, 1.54) is 4.90 Å². The first-order valence-corrected chi connectivity index (χ1v) is 10.6. The fourth-order valence-corrected chi connectivity index (χ4v) is 4.34. The minimum atomic E-state index is -0.207. The number of carbonyl (C=O) groups excluding carboxylic acids is 2. The summed E-state index contributed by atoms with van der Waals surface area (Å²) in [6.07, 6.45) is 2.83. The molecular formula is C24H25ClN2O2. The maximum Gasteiger partial charge on any atom is 0.277 e. The minimum Gasteiger partial charge on any atom is -0.366 e. The average Bonchev–Trinajstić information content (AvgIpc) is 2.98. The number of hydrogen-bond acceptors (Lipinski definition) is 3. The number of likely N-dealkylation sites (tertiary alicyclic amines) is 1. The molecule has 1 unspecified atom stereocenters. The van der Waals surface area contributed by atoms with Crippen LogP contribution in [0.5, 0.6) is 0 Å². The van der Waals surface area contributed by atoms with E-state index in [0.29, 0.717) is 35.2 Å². The van der Waals surface area contributed by atoms with Gasteiger partial charge in [0, 0.05) is 24.7 Å². The van der Waals surface area contributed by atoms with E-state index in [9.17, 15) is 9.59 Å². The Morgan fingerprint density at radius 1 is 1.00 bits per heavy atom. The summed E-state index contributed by atoms with van der Waals surface area (Å²) in [6, 6.07) is 17.1. The van der Waals surface area contributed by atoms with Crippen molar-refractivity contribution < 1.29 is 9.59 Å². The zero-order valence-electron chi connectivity index (χ0n) is 16.6. The molecule has 2 aliphatic heterocycles. The third-order valence-corrected chi connectivity index (χ3v) is 5.97. The summed E-state index contributed by atoms with van der Waals surface area (Å²) in [6.45, 7) is 4.19. The van der Waals surface area contributed by atoms with Crippen molar-refractivity contribution in [3.63, 3.8) is 0 Å². The normalized spacial score (nSPS) is 20.0. The van der Waals surface area contributed by atoms with Crippen molar-refractivity contribution in [2.45, 2.75) is 26.2 Å². The van der Waals surface area contributed by atoms with Gasteiger partial charge in [-0.1, -0.05) is 61.0 Å². The number of hydrogen-bond donors (Lipinski definition) is 0. The second-order valence-electron chi connectivity index (χ2n) is 7.92. The molecule has 4 nitrogen and oxygen atoms in total. The summed E-state index contributed by atoms with van der Waals surface area (Å²) >= 11 is 6.05. The van der Waals surface area contributed by atoms with Crippen LogP contribution >= 0.6 is 11.6 Å². The predicted octanol–water partition coefficient (Wildman–Crippen LogP) is 4.39. The molecular weight excluding hydrogens is 384 g/mol. The van der Waals surface area contributed by atoms with Crippen LogP contribution in [0.2, 0.25) is 5.02 Å². The van der Waals surface area contributed by atoms with Gasteiger partial charge in [-0.3, -0.25) is 14.5 Å². The van der Waals surface area contributed by atoms with Crippen LogP contribution in [-0.4, -0.2) is 41.2 Å². The van der Waals surface area contributed by atoms with Gasteiger partial charge in [-0.2, -0.15) is 0 Å². The quantitative estimate of drug-likeness (QED) is 0.689. The molecule has 1 saturated heterocycles. The number of benzene rings is 2. The van der Waals surface area contributed by atoms with Crippen molar-refractivity contribution in [1.82, 2.24) is 9.80 Å². The molecule has 2 aromatic carbocycles. The number of halogens is 1. The smallest absolute Gasteiger partial charge is 0.277 e. The Bertz CT molecular complexity index is 937. The number of carbonyl (C=O) groups is 2. The Morgan fingerprint density at radius 3 is 2.41 bits per heavy atom. The molecule has 0 bridgehead atoms. The average molecular weight is 409 g/mol. The molecule has 1 atom stereocenters. The van der Waals surface area contributed by atoms with Gasteiger partial charge in [0.2, 0.25) is 0 Å². The zero-order valence-corrected chi connectivity index (χ0v) is 17.4. The van der Waals surface area contributed by atoms with Crippen molar-refractivity contribution in [3.8, 4) is 0 Å². The summed E-state index contributed by atoms with van der Waals surface area (Å²) in [5, 5.41) is 0.611. The molecule has 0 N–H and O–H groups in total. The Labute approximate surface area is 176 Å². The standard InChI is InChI=1S/C24H25ClN2O2/c1-17-6-5-14-26(16-17)22-21(19-9-11-20(25)12-10-19)23(28)27(24(22)29)15-13-18-7-3-2-4-8-18/h2-4,7-12,17H,5-6,13-16H2,1H3. The highest BCUT2D eigenvalue weighted by Gasteiger charge is 2.41. The lowest BCUT2D eigenvalue weighted by Gasteiger charge is -2.33. The minimum absolute atomic E-state index is 0.176. The van der Waals surface area contributed by atoms with Crippen LogP contribution in [0.3, 0.4) is 0 Å². The molecule has 2 amide bonds. The van der Waals surface area contributed by atoms with Gasteiger partial charge in [0.05, 0.1) is 5.57 Å². The molecule has 150 valence electrons. The van der Waals surface area contributed by atoms with Crippen molar-refractivity contribution in [1.29, 1.82) is 0 Å². The molecule has 2 heterocycles. The lowest BCUT2D eigenvalue weighted by atomic mass is 9.98. The molecule has 0 aliphatic carbocycles. The van der Waals surface area contributed by atoms with E-state index < -0.39 is 0 Å². The number of amides is 2. The molecule has 1 fully saturated rings. The van der Waals surface area contributed by atoms with E-state index in [4.69, 9.17) is 11.6 Å². The van der Waals surface area contributed by atoms with Crippen molar-refractivity contribution >= 4 is 29.0 Å². The predicted molar refractivity (Wildman–Crippen MR) is 115 cm³/mol. The van der Waals surface area contributed by atoms with Crippen molar-refractivity contribution in [2.24, 2.45) is 5.92 Å². The Kier molecular flexibility index (Phi) is 5.72. The van der Waals surface area contributed by atoms with Gasteiger partial charge in [0.15, 0.2) is 0 Å². The zero-order chi connectivity index (χ0) is 20.4. The largest absolute Gasteiger partial charge is 0.366 e. The van der Waals surface area contributed by atoms with Crippen LogP contribution in [0.25, 0.3) is 5.57 Å². The molecule has 0 spiro atoms. The monoisotopic (exact) mass is 408 g/mol. The van der Waals surface area contributed by atoms with E-state index >= 15 is 0 Å². The molecule has 0 radical (unpaired) electrons. The van der Waals surface area contributed by atoms with E-state index in [0.717, 1.165) is 37.1 Å². The van der Waals surface area contributed by atoms with Crippen LogP contribution in [0, 0.1) is 5.92 Å². The number of piperidine rings is 1. The van der Waals surface area contributed by atoms with Gasteiger partial charge in [0.1, 0.15) is 5.70 Å². The third-order valence-electron chi connectivity index (χ3n) is 5.72. The van der Waals surface area contributed by atoms with Gasteiger partial charge in [-0.25, -0.2) is 0 Å². The van der Waals surface area contributed by atoms with Gasteiger partial charge in [-0.15, -0.1) is 0 Å². The number of rotatable bonds is 5. The van der Waals surface area contributed by atoms with Crippen molar-refractivity contribution in [2.75, 3.05) is 19.6 Å². The summed E-state index contributed by atoms with van der Waals surface area (Å²) in [4.78, 5) is 30.2. The first-order chi connectivity index (χ1) is 14.0. The maximum absolute atomic E-state index is 13.4. The summed E-state index contributed by atoms with van der Waals surface area (Å²) in [5.41, 5.74) is 2.93. The molecule has 4 rings (SSSR count). The van der Waals surface area contributed by atoms with Crippen LogP contribution < -0.4 is 0 Å². The van der Waals surface area contributed by atoms with Gasteiger partial charge in [0.25, 0.3) is 11.8 Å². The second kappa shape index (κ2) is 8.42. The number of nitrogens with zero attached hydrogens (tertiary/aromatic N) is 2. The Hall–Kier alpha value is -2.59. The highest BCUT2D eigenvalue weighted by Crippen LogP contribution is 2.34. The fourth-order valence-electron chi connectivity index (χ4n) is 4.21. The maximum atomic E-state index is 13.4. The molecule has 2 aromatic rings. The second-order valence-corrected chi connectivity index (χ2v) is 8.36. The Balaban J connectivity index is 1.66. The first kappa shape index (κ1) is 19.7. The van der Waals surface area contributed by atoms with Gasteiger partial charge >= 0.3 is 0 Å². The highest BCUT2D eigenvalue weighted by atomic mass is 35.5. The lowest BCUT2D eigenvalue weighted by molar-refractivity contribution is -0.137. The molecule has 2 aliphatic rings. The van der Waals surface area contributed by atoms with E-state index in [1.807, 2.05) is 42.5 Å². The third kappa shape index (κ3) is 4.08. The SMILES string of the molecule is CC1CCCN(C2=C(c3ccc(Cl)cc3)C(=O)N(CCc3ccccc3)C2=O)C1. The van der Waals surface area contributed by atoms with Crippen LogP contribution in [0.15, 0.2) is 60.3 Å². The first-order valence-electron chi connectivity index (χ1n) is 10.2. The Morgan fingerprint density at radius 2 is 1.72 bits per heavy atom. The summed E-state index contributed by atoms with van der Waals surface area (Å²) in [7, 11) is 0. The molecule has 0 aromatic heterocycles. The van der Waals surface area contributed by atoms with E-state index in [1.54, 1.807) is 12.1 Å². The van der Waals surface area contributed by atoms with Crippen LogP contribution in [-0.2, 0) is 16.0 Å². The molecule has 5 heteroatoms. The summed E-state index contributed by atoms with van der Waals surface area (Å²) < 4.78 is 0. The van der Waals surface area contributed by atoms with E-state index in [-0.39, 0.29) is 11.8 Å². The van der Waals surface area contributed by atoms with Crippen molar-refractivity contribution in [3.05, 3.63) is 76.4 Å². The lowest BCUT2D eigenvalue weighted by Crippen LogP contribution is -2.39. The topological polar surface area (TPSA) is 40.6 Å².